The Balaban J connectivity index is 1.86. The number of aromatic hydroxyl groups is 2. The summed E-state index contributed by atoms with van der Waals surface area (Å²) >= 11 is 0. The highest BCUT2D eigenvalue weighted by Gasteiger charge is 2.22. The lowest BCUT2D eigenvalue weighted by Crippen LogP contribution is -2.29. The number of hydrogen-bond acceptors (Lipinski definition) is 6. The summed E-state index contributed by atoms with van der Waals surface area (Å²) in [5, 5.41) is 29.1. The topological polar surface area (TPSA) is 117 Å². The second-order valence-corrected chi connectivity index (χ2v) is 5.42. The van der Waals surface area contributed by atoms with Gasteiger partial charge in [0.05, 0.1) is 0 Å². The van der Waals surface area contributed by atoms with E-state index in [1.807, 2.05) is 0 Å². The molecule has 0 radical (unpaired) electrons. The highest BCUT2D eigenvalue weighted by molar-refractivity contribution is 5.78. The number of ether oxygens (including phenoxy) is 1. The standard InChI is InChI=1S/C18H14O7/c19-12-4-1-11(14(20)8-12)7-16(18(22)23)24-13-5-2-10-3-6-17(21)25-15(10)9-13/h1-6,8-9,16,19-20H,7H2,(H,22,23). The van der Waals surface area contributed by atoms with Crippen LogP contribution in [0.1, 0.15) is 5.56 Å². The number of phenolic OH excluding ortho intramolecular Hbond substituents is 2. The summed E-state index contributed by atoms with van der Waals surface area (Å²) in [4.78, 5) is 22.8. The minimum absolute atomic E-state index is 0.113. The second-order valence-electron chi connectivity index (χ2n) is 5.42. The average Bonchev–Trinajstić information content (AvgIpc) is 2.56. The first kappa shape index (κ1) is 16.4. The molecule has 0 aliphatic heterocycles. The summed E-state index contributed by atoms with van der Waals surface area (Å²) in [5.74, 6) is -1.35. The van der Waals surface area contributed by atoms with E-state index in [4.69, 9.17) is 9.15 Å². The van der Waals surface area contributed by atoms with Crippen LogP contribution in [0.15, 0.2) is 57.7 Å². The smallest absolute Gasteiger partial charge is 0.345 e. The molecule has 0 spiro atoms. The fourth-order valence-corrected chi connectivity index (χ4v) is 2.38. The molecule has 0 saturated carbocycles. The number of phenols is 2. The number of hydrogen-bond donors (Lipinski definition) is 3. The Morgan fingerprint density at radius 2 is 1.84 bits per heavy atom. The fraction of sp³-hybridized carbons (Fsp3) is 0.111. The SMILES string of the molecule is O=C(O)C(Cc1ccc(O)cc1O)Oc1ccc2ccc(=O)oc2c1. The van der Waals surface area contributed by atoms with Gasteiger partial charge in [-0.25, -0.2) is 9.59 Å². The van der Waals surface area contributed by atoms with Crippen LogP contribution in [0, 0.1) is 0 Å². The van der Waals surface area contributed by atoms with Crippen molar-refractivity contribution < 1.29 is 29.3 Å². The molecule has 0 aliphatic rings. The maximum Gasteiger partial charge on any atom is 0.345 e. The molecule has 0 fully saturated rings. The Morgan fingerprint density at radius 1 is 1.08 bits per heavy atom. The Kier molecular flexibility index (Phi) is 4.30. The molecule has 3 rings (SSSR count). The van der Waals surface area contributed by atoms with Gasteiger partial charge in [-0.15, -0.1) is 0 Å². The molecule has 25 heavy (non-hydrogen) atoms. The predicted octanol–water partition coefficient (Wildman–Crippen LogP) is 2.28. The number of aliphatic carboxylic acids is 1. The van der Waals surface area contributed by atoms with Gasteiger partial charge in [0.2, 0.25) is 0 Å². The van der Waals surface area contributed by atoms with E-state index < -0.39 is 17.7 Å². The zero-order chi connectivity index (χ0) is 18.0. The molecule has 3 aromatic rings. The first-order chi connectivity index (χ1) is 11.9. The lowest BCUT2D eigenvalue weighted by atomic mass is 10.1. The lowest BCUT2D eigenvalue weighted by Gasteiger charge is -2.16. The maximum absolute atomic E-state index is 11.5. The third-order valence-corrected chi connectivity index (χ3v) is 3.62. The van der Waals surface area contributed by atoms with Crippen molar-refractivity contribution in [2.45, 2.75) is 12.5 Å². The molecular weight excluding hydrogens is 328 g/mol. The highest BCUT2D eigenvalue weighted by Crippen LogP contribution is 2.26. The molecule has 2 aromatic carbocycles. The van der Waals surface area contributed by atoms with Crippen LogP contribution in [0.4, 0.5) is 0 Å². The largest absolute Gasteiger partial charge is 0.508 e. The molecule has 3 N–H and O–H groups in total. The third kappa shape index (κ3) is 3.72. The summed E-state index contributed by atoms with van der Waals surface area (Å²) in [6.45, 7) is 0. The van der Waals surface area contributed by atoms with E-state index in [0.717, 1.165) is 6.07 Å². The number of rotatable bonds is 5. The average molecular weight is 342 g/mol. The Labute approximate surface area is 141 Å². The quantitative estimate of drug-likeness (QED) is 0.609. The van der Waals surface area contributed by atoms with Crippen molar-refractivity contribution in [3.8, 4) is 17.2 Å². The van der Waals surface area contributed by atoms with E-state index in [1.54, 1.807) is 18.2 Å². The number of carboxylic acids is 1. The molecule has 128 valence electrons. The number of carboxylic acid groups (broad SMARTS) is 1. The minimum Gasteiger partial charge on any atom is -0.508 e. The monoisotopic (exact) mass is 342 g/mol. The first-order valence-corrected chi connectivity index (χ1v) is 7.36. The van der Waals surface area contributed by atoms with Crippen LogP contribution >= 0.6 is 0 Å². The van der Waals surface area contributed by atoms with Crippen molar-refractivity contribution in [2.24, 2.45) is 0 Å². The van der Waals surface area contributed by atoms with Gasteiger partial charge in [-0.1, -0.05) is 6.07 Å². The van der Waals surface area contributed by atoms with Gasteiger partial charge in [0.25, 0.3) is 0 Å². The van der Waals surface area contributed by atoms with Crippen molar-refractivity contribution in [3.05, 3.63) is 64.5 Å². The molecule has 1 unspecified atom stereocenters. The number of benzene rings is 2. The van der Waals surface area contributed by atoms with Gasteiger partial charge >= 0.3 is 11.6 Å². The molecular formula is C18H14O7. The summed E-state index contributed by atoms with van der Waals surface area (Å²) in [6.07, 6.45) is -1.39. The van der Waals surface area contributed by atoms with Crippen molar-refractivity contribution >= 4 is 16.9 Å². The van der Waals surface area contributed by atoms with Gasteiger partial charge in [0.15, 0.2) is 6.10 Å². The van der Waals surface area contributed by atoms with E-state index in [2.05, 4.69) is 0 Å². The molecule has 7 nitrogen and oxygen atoms in total. The zero-order valence-corrected chi connectivity index (χ0v) is 12.9. The van der Waals surface area contributed by atoms with Crippen LogP contribution in [-0.2, 0) is 11.2 Å². The molecule has 0 saturated heterocycles. The summed E-state index contributed by atoms with van der Waals surface area (Å²) in [5.41, 5.74) is 0.0765. The molecule has 0 bridgehead atoms. The van der Waals surface area contributed by atoms with Gasteiger partial charge in [-0.2, -0.15) is 0 Å². The van der Waals surface area contributed by atoms with E-state index in [1.165, 1.54) is 24.3 Å². The van der Waals surface area contributed by atoms with Crippen molar-refractivity contribution in [2.75, 3.05) is 0 Å². The van der Waals surface area contributed by atoms with Crippen LogP contribution < -0.4 is 10.4 Å². The predicted molar refractivity (Wildman–Crippen MR) is 88.0 cm³/mol. The summed E-state index contributed by atoms with van der Waals surface area (Å²) < 4.78 is 10.5. The van der Waals surface area contributed by atoms with Gasteiger partial charge in [0, 0.05) is 30.0 Å². The molecule has 1 heterocycles. The van der Waals surface area contributed by atoms with Crippen molar-refractivity contribution in [3.63, 3.8) is 0 Å². The second kappa shape index (κ2) is 6.56. The van der Waals surface area contributed by atoms with E-state index in [-0.39, 0.29) is 29.3 Å². The van der Waals surface area contributed by atoms with Crippen LogP contribution in [0.25, 0.3) is 11.0 Å². The lowest BCUT2D eigenvalue weighted by molar-refractivity contribution is -0.145. The third-order valence-electron chi connectivity index (χ3n) is 3.62. The molecule has 7 heteroatoms. The van der Waals surface area contributed by atoms with Gasteiger partial charge in [0.1, 0.15) is 22.8 Å². The Morgan fingerprint density at radius 3 is 2.56 bits per heavy atom. The van der Waals surface area contributed by atoms with Crippen LogP contribution in [-0.4, -0.2) is 27.4 Å². The van der Waals surface area contributed by atoms with E-state index in [9.17, 15) is 24.9 Å². The molecule has 0 amide bonds. The van der Waals surface area contributed by atoms with Crippen molar-refractivity contribution in [1.29, 1.82) is 0 Å². The number of carbonyl (C=O) groups is 1. The van der Waals surface area contributed by atoms with Gasteiger partial charge < -0.3 is 24.5 Å². The first-order valence-electron chi connectivity index (χ1n) is 7.36. The van der Waals surface area contributed by atoms with E-state index in [0.29, 0.717) is 10.9 Å². The van der Waals surface area contributed by atoms with Crippen LogP contribution in [0.3, 0.4) is 0 Å². The molecule has 1 atom stereocenters. The normalized spacial score (nSPS) is 12.0. The van der Waals surface area contributed by atoms with Crippen molar-refractivity contribution in [1.82, 2.24) is 0 Å². The minimum atomic E-state index is -1.27. The summed E-state index contributed by atoms with van der Waals surface area (Å²) in [7, 11) is 0. The Hall–Kier alpha value is -3.48. The number of fused-ring (bicyclic) bond motifs is 1. The van der Waals surface area contributed by atoms with Crippen LogP contribution in [0.5, 0.6) is 17.2 Å². The van der Waals surface area contributed by atoms with Gasteiger partial charge in [-0.3, -0.25) is 0 Å². The molecule has 0 aliphatic carbocycles. The highest BCUT2D eigenvalue weighted by atomic mass is 16.5. The fourth-order valence-electron chi connectivity index (χ4n) is 2.38. The molecule has 1 aromatic heterocycles. The van der Waals surface area contributed by atoms with Crippen LogP contribution in [0.2, 0.25) is 0 Å². The van der Waals surface area contributed by atoms with E-state index >= 15 is 0 Å². The van der Waals surface area contributed by atoms with Gasteiger partial charge in [-0.05, 0) is 29.8 Å². The summed E-state index contributed by atoms with van der Waals surface area (Å²) in [6, 6.07) is 11.4. The Bertz CT molecular complexity index is 990. The zero-order valence-electron chi connectivity index (χ0n) is 12.9. The maximum atomic E-state index is 11.5.